The predicted octanol–water partition coefficient (Wildman–Crippen LogP) is 4.85. The van der Waals surface area contributed by atoms with E-state index in [0.29, 0.717) is 12.2 Å². The van der Waals surface area contributed by atoms with Gasteiger partial charge in [0.15, 0.2) is 5.78 Å². The highest BCUT2D eigenvalue weighted by atomic mass is 16.5. The number of amides is 1. The minimum absolute atomic E-state index is 0.0783. The molecule has 1 aliphatic rings. The Hall–Kier alpha value is -4.30. The number of carbonyl (C=O) groups excluding carboxylic acids is 2. The molecule has 8 heteroatoms. The molecule has 8 nitrogen and oxygen atoms in total. The second kappa shape index (κ2) is 12.0. The standard InChI is InChI=1S/C31H33N5O3/c1-22(37)32-27-11-5-24(6-12-27)20-36-21-30(33-34-36)31(38)19-23-3-7-25(8-4-23)26-9-13-28(14-10-26)39-29-15-17-35(2)18-16-29/h3-14,21,29H,15-20H2,1-2H3,(H,32,37). The molecule has 1 N–H and O–H groups in total. The smallest absolute Gasteiger partial charge is 0.221 e. The van der Waals surface area contributed by atoms with E-state index in [1.165, 1.54) is 6.92 Å². The minimum Gasteiger partial charge on any atom is -0.490 e. The van der Waals surface area contributed by atoms with Crippen LogP contribution in [0.25, 0.3) is 11.1 Å². The molecule has 0 atom stereocenters. The molecule has 0 radical (unpaired) electrons. The fourth-order valence-electron chi connectivity index (χ4n) is 4.70. The van der Waals surface area contributed by atoms with Gasteiger partial charge in [0.25, 0.3) is 0 Å². The average Bonchev–Trinajstić information content (AvgIpc) is 3.40. The summed E-state index contributed by atoms with van der Waals surface area (Å²) in [5.41, 5.74) is 5.19. The SMILES string of the molecule is CC(=O)Nc1ccc(Cn2cc(C(=O)Cc3ccc(-c4ccc(OC5CCN(C)CC5)cc4)cc3)nn2)cc1. The van der Waals surface area contributed by atoms with Gasteiger partial charge in [-0.25, -0.2) is 4.68 Å². The van der Waals surface area contributed by atoms with E-state index >= 15 is 0 Å². The molecule has 1 aromatic heterocycles. The first-order valence-electron chi connectivity index (χ1n) is 13.3. The van der Waals surface area contributed by atoms with Crippen molar-refractivity contribution in [2.75, 3.05) is 25.5 Å². The lowest BCUT2D eigenvalue weighted by molar-refractivity contribution is -0.114. The molecule has 0 unspecified atom stereocenters. The lowest BCUT2D eigenvalue weighted by Gasteiger charge is -2.29. The number of anilines is 1. The number of carbonyl (C=O) groups is 2. The topological polar surface area (TPSA) is 89.4 Å². The molecule has 0 saturated carbocycles. The van der Waals surface area contributed by atoms with Crippen molar-refractivity contribution >= 4 is 17.4 Å². The van der Waals surface area contributed by atoms with Crippen LogP contribution in [0.5, 0.6) is 5.75 Å². The zero-order valence-corrected chi connectivity index (χ0v) is 22.3. The number of ether oxygens (including phenoxy) is 1. The Morgan fingerprint density at radius 3 is 2.15 bits per heavy atom. The summed E-state index contributed by atoms with van der Waals surface area (Å²) < 4.78 is 7.80. The van der Waals surface area contributed by atoms with Crippen LogP contribution < -0.4 is 10.1 Å². The van der Waals surface area contributed by atoms with Crippen LogP contribution in [-0.2, 0) is 17.8 Å². The second-order valence-electron chi connectivity index (χ2n) is 10.1. The van der Waals surface area contributed by atoms with E-state index in [1.807, 2.05) is 60.7 Å². The van der Waals surface area contributed by atoms with E-state index in [2.05, 4.69) is 39.7 Å². The van der Waals surface area contributed by atoms with Crippen LogP contribution in [0, 0.1) is 0 Å². The Morgan fingerprint density at radius 2 is 1.51 bits per heavy atom. The first-order valence-corrected chi connectivity index (χ1v) is 13.3. The summed E-state index contributed by atoms with van der Waals surface area (Å²) in [7, 11) is 2.15. The molecule has 4 aromatic rings. The number of benzene rings is 3. The molecule has 1 aliphatic heterocycles. The van der Waals surface area contributed by atoms with Gasteiger partial charge in [-0.1, -0.05) is 53.7 Å². The van der Waals surface area contributed by atoms with Crippen molar-refractivity contribution in [1.82, 2.24) is 19.9 Å². The van der Waals surface area contributed by atoms with Gasteiger partial charge in [0.2, 0.25) is 5.91 Å². The van der Waals surface area contributed by atoms with Crippen molar-refractivity contribution in [3.8, 4) is 16.9 Å². The van der Waals surface area contributed by atoms with Crippen molar-refractivity contribution in [3.05, 3.63) is 95.8 Å². The van der Waals surface area contributed by atoms with Crippen LogP contribution in [0.2, 0.25) is 0 Å². The predicted molar refractivity (Wildman–Crippen MR) is 151 cm³/mol. The van der Waals surface area contributed by atoms with E-state index in [4.69, 9.17) is 4.74 Å². The average molecular weight is 524 g/mol. The third-order valence-corrected chi connectivity index (χ3v) is 6.92. The van der Waals surface area contributed by atoms with Gasteiger partial charge in [0, 0.05) is 32.1 Å². The number of hydrogen-bond donors (Lipinski definition) is 1. The number of Topliss-reactive ketones (excluding diaryl/α,β-unsaturated/α-hetero) is 1. The lowest BCUT2D eigenvalue weighted by Crippen LogP contribution is -2.35. The van der Waals surface area contributed by atoms with Crippen LogP contribution in [0.3, 0.4) is 0 Å². The third kappa shape index (κ3) is 7.18. The van der Waals surface area contributed by atoms with Crippen molar-refractivity contribution in [3.63, 3.8) is 0 Å². The highest BCUT2D eigenvalue weighted by Gasteiger charge is 2.18. The summed E-state index contributed by atoms with van der Waals surface area (Å²) >= 11 is 0. The molecule has 200 valence electrons. The van der Waals surface area contributed by atoms with Crippen molar-refractivity contribution in [2.45, 2.75) is 38.8 Å². The van der Waals surface area contributed by atoms with Gasteiger partial charge in [-0.2, -0.15) is 0 Å². The molecule has 1 amide bonds. The number of rotatable bonds is 9. The molecule has 1 saturated heterocycles. The van der Waals surface area contributed by atoms with Gasteiger partial charge in [0.1, 0.15) is 17.5 Å². The number of piperidine rings is 1. The Labute approximate surface area is 228 Å². The van der Waals surface area contributed by atoms with Gasteiger partial charge >= 0.3 is 0 Å². The van der Waals surface area contributed by atoms with Gasteiger partial charge in [0.05, 0.1) is 12.7 Å². The van der Waals surface area contributed by atoms with E-state index < -0.39 is 0 Å². The first kappa shape index (κ1) is 26.3. The molecular weight excluding hydrogens is 490 g/mol. The van der Waals surface area contributed by atoms with Crippen LogP contribution in [0.1, 0.15) is 41.4 Å². The van der Waals surface area contributed by atoms with Crippen LogP contribution in [0.4, 0.5) is 5.69 Å². The number of hydrogen-bond acceptors (Lipinski definition) is 6. The summed E-state index contributed by atoms with van der Waals surface area (Å²) in [6.07, 6.45) is 4.34. The number of nitrogens with zero attached hydrogens (tertiary/aromatic N) is 4. The minimum atomic E-state index is -0.112. The lowest BCUT2D eigenvalue weighted by atomic mass is 10.0. The monoisotopic (exact) mass is 523 g/mol. The fourth-order valence-corrected chi connectivity index (χ4v) is 4.70. The first-order chi connectivity index (χ1) is 18.9. The van der Waals surface area contributed by atoms with Crippen LogP contribution in [-0.4, -0.2) is 57.8 Å². The second-order valence-corrected chi connectivity index (χ2v) is 10.1. The largest absolute Gasteiger partial charge is 0.490 e. The van der Waals surface area contributed by atoms with Crippen molar-refractivity contribution in [2.24, 2.45) is 0 Å². The summed E-state index contributed by atoms with van der Waals surface area (Å²) in [5, 5.41) is 10.9. The maximum atomic E-state index is 12.8. The van der Waals surface area contributed by atoms with Gasteiger partial charge in [-0.3, -0.25) is 9.59 Å². The number of nitrogens with one attached hydrogen (secondary N) is 1. The van der Waals surface area contributed by atoms with Crippen LogP contribution in [0.15, 0.2) is 79.0 Å². The maximum Gasteiger partial charge on any atom is 0.221 e. The highest BCUT2D eigenvalue weighted by molar-refractivity contribution is 5.95. The van der Waals surface area contributed by atoms with E-state index in [-0.39, 0.29) is 24.2 Å². The summed E-state index contributed by atoms with van der Waals surface area (Å²) in [4.78, 5) is 26.3. The molecule has 3 aromatic carbocycles. The van der Waals surface area contributed by atoms with Gasteiger partial charge in [-0.15, -0.1) is 5.10 Å². The molecule has 1 fully saturated rings. The van der Waals surface area contributed by atoms with Gasteiger partial charge in [-0.05, 0) is 66.4 Å². The summed E-state index contributed by atoms with van der Waals surface area (Å²) in [5.74, 6) is 0.718. The Bertz CT molecular complexity index is 1400. The zero-order chi connectivity index (χ0) is 27.2. The summed E-state index contributed by atoms with van der Waals surface area (Å²) in [6.45, 7) is 4.11. The summed E-state index contributed by atoms with van der Waals surface area (Å²) in [6, 6.07) is 23.8. The van der Waals surface area contributed by atoms with Crippen molar-refractivity contribution < 1.29 is 14.3 Å². The van der Waals surface area contributed by atoms with E-state index in [9.17, 15) is 9.59 Å². The van der Waals surface area contributed by atoms with E-state index in [1.54, 1.807) is 10.9 Å². The molecule has 0 bridgehead atoms. The molecule has 2 heterocycles. The quantitative estimate of drug-likeness (QED) is 0.316. The fraction of sp³-hybridized carbons (Fsp3) is 0.290. The number of aromatic nitrogens is 3. The molecule has 0 aliphatic carbocycles. The van der Waals surface area contributed by atoms with Gasteiger partial charge < -0.3 is 15.0 Å². The van der Waals surface area contributed by atoms with E-state index in [0.717, 1.165) is 59.6 Å². The third-order valence-electron chi connectivity index (χ3n) is 6.92. The van der Waals surface area contributed by atoms with Crippen LogP contribution >= 0.6 is 0 Å². The zero-order valence-electron chi connectivity index (χ0n) is 22.3. The Morgan fingerprint density at radius 1 is 0.897 bits per heavy atom. The Balaban J connectivity index is 1.14. The Kier molecular flexibility index (Phi) is 8.13. The molecular formula is C31H33N5O3. The molecule has 39 heavy (non-hydrogen) atoms. The molecule has 5 rings (SSSR count). The number of likely N-dealkylation sites (tertiary alicyclic amines) is 1. The van der Waals surface area contributed by atoms with Crippen molar-refractivity contribution in [1.29, 1.82) is 0 Å². The molecule has 0 spiro atoms. The highest BCUT2D eigenvalue weighted by Crippen LogP contribution is 2.25. The maximum absolute atomic E-state index is 12.8. The number of ketones is 1. The normalized spacial score (nSPS) is 14.2.